The minimum absolute atomic E-state index is 0.187. The number of rotatable bonds is 0. The van der Waals surface area contributed by atoms with Gasteiger partial charge in [-0.2, -0.15) is 5.26 Å². The SMILES string of the molecule is Cc1cn2c([nH]c(=O)c3cc(Br)ccc32)c1C#N. The number of halogens is 1. The Morgan fingerprint density at radius 3 is 2.94 bits per heavy atom. The molecule has 0 aliphatic heterocycles. The van der Waals surface area contributed by atoms with Gasteiger partial charge in [0.2, 0.25) is 0 Å². The van der Waals surface area contributed by atoms with Gasteiger partial charge in [0.1, 0.15) is 11.7 Å². The maximum absolute atomic E-state index is 12.0. The van der Waals surface area contributed by atoms with Gasteiger partial charge in [-0.15, -0.1) is 0 Å². The Hall–Kier alpha value is -2.06. The number of hydrogen-bond acceptors (Lipinski definition) is 2. The Bertz CT molecular complexity index is 883. The molecule has 0 fully saturated rings. The molecule has 0 aliphatic carbocycles. The first-order valence-electron chi connectivity index (χ1n) is 5.35. The predicted molar refractivity (Wildman–Crippen MR) is 72.7 cm³/mol. The van der Waals surface area contributed by atoms with Gasteiger partial charge in [0.25, 0.3) is 5.56 Å². The van der Waals surface area contributed by atoms with E-state index in [1.54, 1.807) is 6.07 Å². The van der Waals surface area contributed by atoms with Crippen LogP contribution in [0.1, 0.15) is 11.1 Å². The predicted octanol–water partition coefficient (Wildman–Crippen LogP) is 2.72. The summed E-state index contributed by atoms with van der Waals surface area (Å²) in [6.45, 7) is 1.86. The van der Waals surface area contributed by atoms with Crippen LogP contribution in [0.4, 0.5) is 0 Å². The number of nitrogens with zero attached hydrogens (tertiary/aromatic N) is 2. The summed E-state index contributed by atoms with van der Waals surface area (Å²) in [4.78, 5) is 14.8. The van der Waals surface area contributed by atoms with Crippen LogP contribution in [0.5, 0.6) is 0 Å². The molecular weight excluding hydrogens is 294 g/mol. The number of nitrogens with one attached hydrogen (secondary N) is 1. The van der Waals surface area contributed by atoms with E-state index in [1.807, 2.05) is 29.7 Å². The molecule has 0 saturated heterocycles. The molecule has 0 spiro atoms. The molecule has 0 saturated carbocycles. The minimum Gasteiger partial charge on any atom is -0.306 e. The summed E-state index contributed by atoms with van der Waals surface area (Å²) in [7, 11) is 0. The van der Waals surface area contributed by atoms with E-state index in [9.17, 15) is 4.79 Å². The van der Waals surface area contributed by atoms with Crippen LogP contribution >= 0.6 is 15.9 Å². The average Bonchev–Trinajstić information content (AvgIpc) is 2.65. The van der Waals surface area contributed by atoms with Gasteiger partial charge in [-0.25, -0.2) is 0 Å². The summed E-state index contributed by atoms with van der Waals surface area (Å²) < 4.78 is 2.70. The summed E-state index contributed by atoms with van der Waals surface area (Å²) in [6.07, 6.45) is 1.86. The molecule has 2 heterocycles. The molecule has 5 heteroatoms. The van der Waals surface area contributed by atoms with E-state index in [2.05, 4.69) is 27.0 Å². The van der Waals surface area contributed by atoms with E-state index in [1.165, 1.54) is 0 Å². The highest BCUT2D eigenvalue weighted by molar-refractivity contribution is 9.10. The standard InChI is InChI=1S/C13H8BrN3O/c1-7-6-17-11-3-2-8(14)4-9(11)13(18)16-12(17)10(7)5-15/h2-4,6H,1H3,(H,16,18). The normalized spacial score (nSPS) is 10.9. The number of aromatic nitrogens is 2. The molecule has 1 N–H and O–H groups in total. The fourth-order valence-corrected chi connectivity index (χ4v) is 2.52. The lowest BCUT2D eigenvalue weighted by atomic mass is 10.2. The maximum Gasteiger partial charge on any atom is 0.258 e. The summed E-state index contributed by atoms with van der Waals surface area (Å²) in [6, 6.07) is 7.64. The van der Waals surface area contributed by atoms with Gasteiger partial charge in [-0.3, -0.25) is 4.79 Å². The monoisotopic (exact) mass is 301 g/mol. The van der Waals surface area contributed by atoms with E-state index < -0.39 is 0 Å². The van der Waals surface area contributed by atoms with Crippen molar-refractivity contribution in [1.29, 1.82) is 5.26 Å². The number of aromatic amines is 1. The third kappa shape index (κ3) is 1.39. The lowest BCUT2D eigenvalue weighted by Crippen LogP contribution is -2.09. The number of nitriles is 1. The number of aryl methyl sites for hydroxylation is 1. The third-order valence-electron chi connectivity index (χ3n) is 3.00. The molecule has 0 bridgehead atoms. The second-order valence-corrected chi connectivity index (χ2v) is 5.05. The fraction of sp³-hybridized carbons (Fsp3) is 0.0769. The molecule has 2 aromatic heterocycles. The first-order chi connectivity index (χ1) is 8.61. The number of hydrogen-bond donors (Lipinski definition) is 1. The Kier molecular flexibility index (Phi) is 2.28. The van der Waals surface area contributed by atoms with Crippen molar-refractivity contribution in [2.45, 2.75) is 6.92 Å². The Balaban J connectivity index is 2.64. The fourth-order valence-electron chi connectivity index (χ4n) is 2.16. The highest BCUT2D eigenvalue weighted by atomic mass is 79.9. The number of fused-ring (bicyclic) bond motifs is 3. The maximum atomic E-state index is 12.0. The van der Waals surface area contributed by atoms with E-state index in [0.29, 0.717) is 16.6 Å². The van der Waals surface area contributed by atoms with Gasteiger partial charge in [0.05, 0.1) is 16.5 Å². The van der Waals surface area contributed by atoms with Gasteiger partial charge in [0, 0.05) is 10.7 Å². The molecule has 0 unspecified atom stereocenters. The van der Waals surface area contributed by atoms with Crippen LogP contribution in [-0.4, -0.2) is 9.38 Å². The van der Waals surface area contributed by atoms with Crippen LogP contribution in [0.25, 0.3) is 16.6 Å². The average molecular weight is 302 g/mol. The molecule has 88 valence electrons. The zero-order valence-electron chi connectivity index (χ0n) is 9.49. The summed E-state index contributed by atoms with van der Waals surface area (Å²) >= 11 is 3.35. The topological polar surface area (TPSA) is 61.1 Å². The van der Waals surface area contributed by atoms with Crippen LogP contribution in [0.15, 0.2) is 33.7 Å². The van der Waals surface area contributed by atoms with E-state index >= 15 is 0 Å². The zero-order chi connectivity index (χ0) is 12.9. The largest absolute Gasteiger partial charge is 0.306 e. The van der Waals surface area contributed by atoms with Crippen molar-refractivity contribution in [3.05, 3.63) is 50.3 Å². The molecule has 0 amide bonds. The van der Waals surface area contributed by atoms with Crippen molar-refractivity contribution >= 4 is 32.5 Å². The summed E-state index contributed by atoms with van der Waals surface area (Å²) in [5, 5.41) is 9.71. The zero-order valence-corrected chi connectivity index (χ0v) is 11.1. The van der Waals surface area contributed by atoms with Crippen LogP contribution in [-0.2, 0) is 0 Å². The molecule has 0 aliphatic rings. The minimum atomic E-state index is -0.187. The van der Waals surface area contributed by atoms with Crippen molar-refractivity contribution in [2.24, 2.45) is 0 Å². The van der Waals surface area contributed by atoms with Crippen LogP contribution in [0.3, 0.4) is 0 Å². The van der Waals surface area contributed by atoms with Gasteiger partial charge >= 0.3 is 0 Å². The summed E-state index contributed by atoms with van der Waals surface area (Å²) in [5.41, 5.74) is 2.52. The highest BCUT2D eigenvalue weighted by Gasteiger charge is 2.11. The molecule has 0 radical (unpaired) electrons. The van der Waals surface area contributed by atoms with Crippen molar-refractivity contribution in [2.75, 3.05) is 0 Å². The van der Waals surface area contributed by atoms with E-state index in [-0.39, 0.29) is 5.56 Å². The number of benzene rings is 1. The van der Waals surface area contributed by atoms with E-state index in [0.717, 1.165) is 15.6 Å². The first-order valence-corrected chi connectivity index (χ1v) is 6.14. The smallest absolute Gasteiger partial charge is 0.258 e. The second-order valence-electron chi connectivity index (χ2n) is 4.13. The molecule has 4 nitrogen and oxygen atoms in total. The highest BCUT2D eigenvalue weighted by Crippen LogP contribution is 2.21. The molecule has 3 rings (SSSR count). The van der Waals surface area contributed by atoms with Gasteiger partial charge in [0.15, 0.2) is 0 Å². The Morgan fingerprint density at radius 1 is 1.44 bits per heavy atom. The summed E-state index contributed by atoms with van der Waals surface area (Å²) in [5.74, 6) is 0. The Morgan fingerprint density at radius 2 is 2.22 bits per heavy atom. The first kappa shape index (κ1) is 11.1. The third-order valence-corrected chi connectivity index (χ3v) is 3.49. The van der Waals surface area contributed by atoms with Gasteiger partial charge in [-0.1, -0.05) is 15.9 Å². The number of H-pyrrole nitrogens is 1. The second kappa shape index (κ2) is 3.72. The van der Waals surface area contributed by atoms with Crippen LogP contribution in [0.2, 0.25) is 0 Å². The van der Waals surface area contributed by atoms with Gasteiger partial charge < -0.3 is 9.38 Å². The molecule has 3 aromatic rings. The van der Waals surface area contributed by atoms with Crippen molar-refractivity contribution < 1.29 is 0 Å². The molecule has 0 atom stereocenters. The van der Waals surface area contributed by atoms with E-state index in [4.69, 9.17) is 5.26 Å². The lowest BCUT2D eigenvalue weighted by molar-refractivity contribution is 1.16. The molecule has 1 aromatic carbocycles. The molecular formula is C13H8BrN3O. The van der Waals surface area contributed by atoms with Crippen LogP contribution in [0, 0.1) is 18.3 Å². The lowest BCUT2D eigenvalue weighted by Gasteiger charge is -2.02. The quantitative estimate of drug-likeness (QED) is 0.694. The van der Waals surface area contributed by atoms with Gasteiger partial charge in [-0.05, 0) is 30.7 Å². The van der Waals surface area contributed by atoms with Crippen molar-refractivity contribution in [3.8, 4) is 6.07 Å². The Labute approximate surface area is 111 Å². The van der Waals surface area contributed by atoms with Crippen LogP contribution < -0.4 is 5.56 Å². The molecule has 18 heavy (non-hydrogen) atoms. The van der Waals surface area contributed by atoms with Crippen molar-refractivity contribution in [3.63, 3.8) is 0 Å². The van der Waals surface area contributed by atoms with Crippen molar-refractivity contribution in [1.82, 2.24) is 9.38 Å².